The van der Waals surface area contributed by atoms with Crippen molar-refractivity contribution >= 4 is 41.8 Å². The van der Waals surface area contributed by atoms with Crippen molar-refractivity contribution in [2.24, 2.45) is 18.7 Å². The number of halogens is 2. The number of nitrogens with two attached hydrogens (primary N) is 1. The van der Waals surface area contributed by atoms with Gasteiger partial charge in [-0.15, -0.1) is 24.8 Å². The molecule has 0 aromatic carbocycles. The summed E-state index contributed by atoms with van der Waals surface area (Å²) in [6.07, 6.45) is 2.42. The van der Waals surface area contributed by atoms with E-state index in [0.717, 1.165) is 23.1 Å². The third-order valence-corrected chi connectivity index (χ3v) is 3.85. The van der Waals surface area contributed by atoms with Gasteiger partial charge in [-0.3, -0.25) is 9.48 Å². The second kappa shape index (κ2) is 8.65. The van der Waals surface area contributed by atoms with E-state index >= 15 is 0 Å². The molecule has 0 saturated heterocycles. The van der Waals surface area contributed by atoms with E-state index in [1.165, 1.54) is 0 Å². The molecule has 1 unspecified atom stereocenters. The molecule has 0 aliphatic carbocycles. The fourth-order valence-electron chi connectivity index (χ4n) is 2.86. The smallest absolute Gasteiger partial charge is 0.253 e. The molecule has 0 saturated carbocycles. The summed E-state index contributed by atoms with van der Waals surface area (Å²) in [5, 5.41) is 8.27. The van der Waals surface area contributed by atoms with Crippen LogP contribution < -0.4 is 11.1 Å². The lowest BCUT2D eigenvalue weighted by atomic mass is 9.90. The van der Waals surface area contributed by atoms with Crippen LogP contribution in [0.15, 0.2) is 12.3 Å². The van der Waals surface area contributed by atoms with E-state index in [2.05, 4.69) is 29.2 Å². The SMILES string of the molecule is Cc1nn(C)c2ncc(C(=O)NC(C)(CN)CC(C)C)cc12.Cl.Cl. The van der Waals surface area contributed by atoms with Crippen LogP contribution in [0.3, 0.4) is 0 Å². The van der Waals surface area contributed by atoms with Gasteiger partial charge in [-0.25, -0.2) is 4.98 Å². The van der Waals surface area contributed by atoms with Crippen LogP contribution in [0.1, 0.15) is 43.2 Å². The molecule has 8 heteroatoms. The number of aryl methyl sites for hydroxylation is 2. The Balaban J connectivity index is 0.00000264. The Morgan fingerprint density at radius 3 is 2.58 bits per heavy atom. The summed E-state index contributed by atoms with van der Waals surface area (Å²) in [5.41, 5.74) is 7.62. The van der Waals surface area contributed by atoms with Gasteiger partial charge in [0.2, 0.25) is 0 Å². The van der Waals surface area contributed by atoms with Crippen LogP contribution in [0.2, 0.25) is 0 Å². The highest BCUT2D eigenvalue weighted by atomic mass is 35.5. The first-order valence-electron chi connectivity index (χ1n) is 7.57. The zero-order valence-electron chi connectivity index (χ0n) is 14.8. The van der Waals surface area contributed by atoms with Crippen molar-refractivity contribution in [1.82, 2.24) is 20.1 Å². The van der Waals surface area contributed by atoms with Crippen LogP contribution in [0, 0.1) is 12.8 Å². The summed E-state index contributed by atoms with van der Waals surface area (Å²) in [4.78, 5) is 16.9. The molecule has 3 N–H and O–H groups in total. The van der Waals surface area contributed by atoms with Crippen LogP contribution in [0.25, 0.3) is 11.0 Å². The predicted octanol–water partition coefficient (Wildman–Crippen LogP) is 2.61. The van der Waals surface area contributed by atoms with E-state index in [1.54, 1.807) is 10.9 Å². The highest BCUT2D eigenvalue weighted by Gasteiger charge is 2.26. The number of pyridine rings is 1. The molecule has 136 valence electrons. The number of carbonyl (C=O) groups excluding carboxylic acids is 1. The maximum absolute atomic E-state index is 12.5. The summed E-state index contributed by atoms with van der Waals surface area (Å²) >= 11 is 0. The molecule has 2 heterocycles. The Morgan fingerprint density at radius 1 is 1.42 bits per heavy atom. The maximum Gasteiger partial charge on any atom is 0.253 e. The number of carbonyl (C=O) groups is 1. The van der Waals surface area contributed by atoms with E-state index in [9.17, 15) is 4.79 Å². The standard InChI is InChI=1S/C16H25N5O.2ClH/c1-10(2)7-16(4,9-17)19-15(22)12-6-13-11(3)20-21(5)14(13)18-8-12;;/h6,8,10H,7,9,17H2,1-5H3,(H,19,22);2*1H. The Hall–Kier alpha value is -1.37. The molecule has 1 atom stereocenters. The number of nitrogens with one attached hydrogen (secondary N) is 1. The third kappa shape index (κ3) is 4.82. The lowest BCUT2D eigenvalue weighted by Gasteiger charge is -2.31. The molecule has 0 fully saturated rings. The lowest BCUT2D eigenvalue weighted by Crippen LogP contribution is -2.52. The minimum Gasteiger partial charge on any atom is -0.346 e. The van der Waals surface area contributed by atoms with Gasteiger partial charge < -0.3 is 11.1 Å². The lowest BCUT2D eigenvalue weighted by molar-refractivity contribution is 0.0898. The molecule has 2 aromatic rings. The summed E-state index contributed by atoms with van der Waals surface area (Å²) in [7, 11) is 1.84. The average Bonchev–Trinajstić information content (AvgIpc) is 2.72. The van der Waals surface area contributed by atoms with E-state index in [0.29, 0.717) is 18.0 Å². The minimum atomic E-state index is -0.413. The number of hydrogen-bond donors (Lipinski definition) is 2. The van der Waals surface area contributed by atoms with Crippen LogP contribution in [0.4, 0.5) is 0 Å². The molecule has 0 aliphatic rings. The minimum absolute atomic E-state index is 0. The number of hydrogen-bond acceptors (Lipinski definition) is 4. The van der Waals surface area contributed by atoms with Gasteiger partial charge >= 0.3 is 0 Å². The molecule has 6 nitrogen and oxygen atoms in total. The molecule has 2 rings (SSSR count). The van der Waals surface area contributed by atoms with Crippen molar-refractivity contribution < 1.29 is 4.79 Å². The average molecular weight is 376 g/mol. The summed E-state index contributed by atoms with van der Waals surface area (Å²) in [5.74, 6) is 0.307. The molecule has 2 aromatic heterocycles. The Morgan fingerprint density at radius 2 is 2.04 bits per heavy atom. The number of rotatable bonds is 5. The van der Waals surface area contributed by atoms with Crippen LogP contribution in [-0.2, 0) is 7.05 Å². The molecule has 0 aliphatic heterocycles. The molecule has 1 amide bonds. The van der Waals surface area contributed by atoms with Gasteiger partial charge in [0.25, 0.3) is 5.91 Å². The number of aromatic nitrogens is 3. The van der Waals surface area contributed by atoms with Gasteiger partial charge in [0, 0.05) is 30.7 Å². The second-order valence-electron chi connectivity index (χ2n) is 6.62. The van der Waals surface area contributed by atoms with Crippen LogP contribution >= 0.6 is 24.8 Å². The first-order valence-corrected chi connectivity index (χ1v) is 7.57. The van der Waals surface area contributed by atoms with Crippen LogP contribution in [-0.4, -0.2) is 32.8 Å². The van der Waals surface area contributed by atoms with E-state index in [1.807, 2.05) is 27.0 Å². The monoisotopic (exact) mass is 375 g/mol. The van der Waals surface area contributed by atoms with Crippen molar-refractivity contribution in [2.45, 2.75) is 39.7 Å². The van der Waals surface area contributed by atoms with Gasteiger partial charge in [-0.05, 0) is 32.3 Å². The quantitative estimate of drug-likeness (QED) is 0.840. The summed E-state index contributed by atoms with van der Waals surface area (Å²) < 4.78 is 1.72. The van der Waals surface area contributed by atoms with Gasteiger partial charge in [0.05, 0.1) is 11.3 Å². The first-order chi connectivity index (χ1) is 10.3. The molecule has 0 bridgehead atoms. The molecular weight excluding hydrogens is 349 g/mol. The molecular formula is C16H27Cl2N5O. The largest absolute Gasteiger partial charge is 0.346 e. The highest BCUT2D eigenvalue weighted by Crippen LogP contribution is 2.19. The van der Waals surface area contributed by atoms with Crippen molar-refractivity contribution in [3.63, 3.8) is 0 Å². The van der Waals surface area contributed by atoms with Crippen molar-refractivity contribution in [1.29, 1.82) is 0 Å². The van der Waals surface area contributed by atoms with Crippen LogP contribution in [0.5, 0.6) is 0 Å². The van der Waals surface area contributed by atoms with Gasteiger partial charge in [0.15, 0.2) is 5.65 Å². The summed E-state index contributed by atoms with van der Waals surface area (Å²) in [6, 6.07) is 1.84. The maximum atomic E-state index is 12.5. The van der Waals surface area contributed by atoms with Gasteiger partial charge in [0.1, 0.15) is 0 Å². The Kier molecular flexibility index (Phi) is 8.15. The zero-order chi connectivity index (χ0) is 16.5. The normalized spacial score (nSPS) is 13.1. The predicted molar refractivity (Wildman–Crippen MR) is 102 cm³/mol. The second-order valence-corrected chi connectivity index (χ2v) is 6.62. The van der Waals surface area contributed by atoms with Gasteiger partial charge in [-0.1, -0.05) is 13.8 Å². The van der Waals surface area contributed by atoms with Gasteiger partial charge in [-0.2, -0.15) is 5.10 Å². The van der Waals surface area contributed by atoms with E-state index in [4.69, 9.17) is 5.73 Å². The first kappa shape index (κ1) is 22.6. The van der Waals surface area contributed by atoms with Crippen molar-refractivity contribution in [3.8, 4) is 0 Å². The number of nitrogens with zero attached hydrogens (tertiary/aromatic N) is 3. The molecule has 0 spiro atoms. The number of amides is 1. The molecule has 24 heavy (non-hydrogen) atoms. The highest BCUT2D eigenvalue weighted by molar-refractivity contribution is 5.97. The van der Waals surface area contributed by atoms with Crippen molar-refractivity contribution in [3.05, 3.63) is 23.5 Å². The fourth-order valence-corrected chi connectivity index (χ4v) is 2.86. The Bertz CT molecular complexity index is 701. The zero-order valence-corrected chi connectivity index (χ0v) is 16.4. The van der Waals surface area contributed by atoms with E-state index < -0.39 is 5.54 Å². The van der Waals surface area contributed by atoms with E-state index in [-0.39, 0.29) is 30.7 Å². The summed E-state index contributed by atoms with van der Waals surface area (Å²) in [6.45, 7) is 8.53. The fraction of sp³-hybridized carbons (Fsp3) is 0.562. The third-order valence-electron chi connectivity index (χ3n) is 3.85. The van der Waals surface area contributed by atoms with Crippen molar-refractivity contribution in [2.75, 3.05) is 6.54 Å². The topological polar surface area (TPSA) is 85.8 Å². The Labute approximate surface area is 155 Å². The number of fused-ring (bicyclic) bond motifs is 1. The molecule has 0 radical (unpaired) electrons.